The first-order valence-electron chi connectivity index (χ1n) is 9.02. The molecule has 0 radical (unpaired) electrons. The molecule has 2 unspecified atom stereocenters. The molecule has 8 nitrogen and oxygen atoms in total. The van der Waals surface area contributed by atoms with Crippen molar-refractivity contribution in [3.63, 3.8) is 0 Å². The van der Waals surface area contributed by atoms with Crippen LogP contribution in [0.5, 0.6) is 34.5 Å². The van der Waals surface area contributed by atoms with E-state index in [-0.39, 0.29) is 46.1 Å². The van der Waals surface area contributed by atoms with E-state index in [4.69, 9.17) is 4.74 Å². The molecule has 6 N–H and O–H groups in total. The van der Waals surface area contributed by atoms with Crippen LogP contribution in [0.3, 0.4) is 0 Å². The predicted molar refractivity (Wildman–Crippen MR) is 104 cm³/mol. The summed E-state index contributed by atoms with van der Waals surface area (Å²) in [7, 11) is 0. The summed E-state index contributed by atoms with van der Waals surface area (Å²) in [6, 6.07) is 10.9. The van der Waals surface area contributed by atoms with Gasteiger partial charge in [0, 0.05) is 18.1 Å². The molecule has 0 saturated heterocycles. The SMILES string of the molecule is O=C1c2c(O)cc(O)c(Cc3ccc(O)cc3)c2OC(c2ccc(O)c(O)c2)C1O. The van der Waals surface area contributed by atoms with Gasteiger partial charge in [0.05, 0.1) is 0 Å². The fourth-order valence-corrected chi connectivity index (χ4v) is 3.47. The topological polar surface area (TPSA) is 148 Å². The lowest BCUT2D eigenvalue weighted by molar-refractivity contribution is 0.0205. The number of aliphatic hydroxyl groups is 1. The van der Waals surface area contributed by atoms with Gasteiger partial charge >= 0.3 is 0 Å². The summed E-state index contributed by atoms with van der Waals surface area (Å²) in [5.74, 6) is -2.50. The third kappa shape index (κ3) is 3.23. The number of phenolic OH excluding ortho intramolecular Hbond substituents is 5. The normalized spacial score (nSPS) is 18.0. The van der Waals surface area contributed by atoms with E-state index in [1.807, 2.05) is 0 Å². The number of carbonyl (C=O) groups is 1. The monoisotopic (exact) mass is 410 g/mol. The van der Waals surface area contributed by atoms with Crippen molar-refractivity contribution >= 4 is 5.78 Å². The van der Waals surface area contributed by atoms with E-state index in [2.05, 4.69) is 0 Å². The molecule has 0 aliphatic carbocycles. The molecule has 1 heterocycles. The first-order valence-corrected chi connectivity index (χ1v) is 9.02. The Balaban J connectivity index is 1.82. The molecule has 0 spiro atoms. The Morgan fingerprint density at radius 2 is 1.50 bits per heavy atom. The molecular formula is C22H18O8. The van der Waals surface area contributed by atoms with Gasteiger partial charge in [-0.2, -0.15) is 0 Å². The van der Waals surface area contributed by atoms with Crippen molar-refractivity contribution in [2.45, 2.75) is 18.6 Å². The predicted octanol–water partition coefficient (Wildman–Crippen LogP) is 2.48. The summed E-state index contributed by atoms with van der Waals surface area (Å²) < 4.78 is 5.85. The van der Waals surface area contributed by atoms with Gasteiger partial charge in [-0.25, -0.2) is 0 Å². The molecule has 0 amide bonds. The Hall–Kier alpha value is -3.91. The second-order valence-electron chi connectivity index (χ2n) is 7.04. The third-order valence-corrected chi connectivity index (χ3v) is 5.03. The smallest absolute Gasteiger partial charge is 0.202 e. The van der Waals surface area contributed by atoms with E-state index < -0.39 is 29.5 Å². The van der Waals surface area contributed by atoms with E-state index in [0.29, 0.717) is 5.56 Å². The Bertz CT molecular complexity index is 1140. The maximum atomic E-state index is 12.8. The summed E-state index contributed by atoms with van der Waals surface area (Å²) in [5, 5.41) is 59.8. The largest absolute Gasteiger partial charge is 0.508 e. The van der Waals surface area contributed by atoms with Crippen molar-refractivity contribution < 1.29 is 40.2 Å². The Morgan fingerprint density at radius 1 is 0.800 bits per heavy atom. The maximum Gasteiger partial charge on any atom is 0.202 e. The van der Waals surface area contributed by atoms with Crippen LogP contribution in [0, 0.1) is 0 Å². The molecule has 0 fully saturated rings. The number of ether oxygens (including phenoxy) is 1. The third-order valence-electron chi connectivity index (χ3n) is 5.03. The molecule has 3 aromatic rings. The van der Waals surface area contributed by atoms with Crippen LogP contribution >= 0.6 is 0 Å². The number of carbonyl (C=O) groups excluding carboxylic acids is 1. The van der Waals surface area contributed by atoms with Gasteiger partial charge in [-0.15, -0.1) is 0 Å². The fourth-order valence-electron chi connectivity index (χ4n) is 3.47. The minimum absolute atomic E-state index is 0.0671. The van der Waals surface area contributed by atoms with E-state index in [9.17, 15) is 35.4 Å². The van der Waals surface area contributed by atoms with Crippen molar-refractivity contribution in [3.05, 3.63) is 70.8 Å². The maximum absolute atomic E-state index is 12.8. The van der Waals surface area contributed by atoms with Gasteiger partial charge in [-0.05, 0) is 35.4 Å². The van der Waals surface area contributed by atoms with Crippen LogP contribution in [0.1, 0.15) is 33.2 Å². The summed E-state index contributed by atoms with van der Waals surface area (Å²) in [5.41, 5.74) is 0.863. The number of aliphatic hydroxyl groups excluding tert-OH is 1. The number of Topliss-reactive ketones (excluding diaryl/α,β-unsaturated/α-hetero) is 1. The zero-order valence-corrected chi connectivity index (χ0v) is 15.5. The minimum atomic E-state index is -1.68. The van der Waals surface area contributed by atoms with E-state index in [1.54, 1.807) is 12.1 Å². The van der Waals surface area contributed by atoms with Crippen LogP contribution in [0.25, 0.3) is 0 Å². The minimum Gasteiger partial charge on any atom is -0.508 e. The second kappa shape index (κ2) is 7.16. The van der Waals surface area contributed by atoms with E-state index in [0.717, 1.165) is 12.1 Å². The number of fused-ring (bicyclic) bond motifs is 1. The van der Waals surface area contributed by atoms with Crippen LogP contribution in [0.2, 0.25) is 0 Å². The number of aromatic hydroxyl groups is 5. The van der Waals surface area contributed by atoms with Gasteiger partial charge in [0.15, 0.2) is 23.7 Å². The Morgan fingerprint density at radius 3 is 2.17 bits per heavy atom. The van der Waals surface area contributed by atoms with Gasteiger partial charge < -0.3 is 35.4 Å². The number of ketones is 1. The highest BCUT2D eigenvalue weighted by Gasteiger charge is 2.41. The van der Waals surface area contributed by atoms with Crippen molar-refractivity contribution in [1.29, 1.82) is 0 Å². The lowest BCUT2D eigenvalue weighted by atomic mass is 9.89. The highest BCUT2D eigenvalue weighted by atomic mass is 16.5. The number of benzene rings is 3. The van der Waals surface area contributed by atoms with E-state index >= 15 is 0 Å². The van der Waals surface area contributed by atoms with Gasteiger partial charge in [0.1, 0.15) is 28.6 Å². The Labute approximate surface area is 170 Å². The fraction of sp³-hybridized carbons (Fsp3) is 0.136. The molecule has 0 aromatic heterocycles. The molecule has 30 heavy (non-hydrogen) atoms. The molecule has 1 aliphatic heterocycles. The zero-order chi connectivity index (χ0) is 21.6. The first kappa shape index (κ1) is 19.4. The molecule has 0 saturated carbocycles. The van der Waals surface area contributed by atoms with E-state index in [1.165, 1.54) is 24.3 Å². The quantitative estimate of drug-likeness (QED) is 0.361. The Kier molecular flexibility index (Phi) is 4.63. The summed E-state index contributed by atoms with van der Waals surface area (Å²) in [6.45, 7) is 0. The van der Waals surface area contributed by atoms with Crippen LogP contribution < -0.4 is 4.74 Å². The van der Waals surface area contributed by atoms with Gasteiger partial charge in [0.25, 0.3) is 0 Å². The van der Waals surface area contributed by atoms with Crippen LogP contribution in [0.4, 0.5) is 0 Å². The standard InChI is InChI=1S/C22H18O8/c23-12-4-1-10(2-5-12)7-13-15(25)9-17(27)18-19(28)20(29)21(30-22(13)18)11-3-6-14(24)16(26)8-11/h1-6,8-9,20-21,23-27,29H,7H2. The highest BCUT2D eigenvalue weighted by Crippen LogP contribution is 2.46. The zero-order valence-electron chi connectivity index (χ0n) is 15.5. The summed E-state index contributed by atoms with van der Waals surface area (Å²) >= 11 is 0. The number of phenols is 5. The van der Waals surface area contributed by atoms with Crippen molar-refractivity contribution in [2.75, 3.05) is 0 Å². The number of rotatable bonds is 3. The average molecular weight is 410 g/mol. The van der Waals surface area contributed by atoms with Crippen LogP contribution in [0.15, 0.2) is 48.5 Å². The lowest BCUT2D eigenvalue weighted by Crippen LogP contribution is -2.36. The van der Waals surface area contributed by atoms with Gasteiger partial charge in [0.2, 0.25) is 5.78 Å². The summed E-state index contributed by atoms with van der Waals surface area (Å²) in [4.78, 5) is 12.8. The van der Waals surface area contributed by atoms with Gasteiger partial charge in [-0.1, -0.05) is 18.2 Å². The van der Waals surface area contributed by atoms with Crippen molar-refractivity contribution in [3.8, 4) is 34.5 Å². The van der Waals surface area contributed by atoms with Crippen LogP contribution in [-0.2, 0) is 6.42 Å². The number of hydrogen-bond donors (Lipinski definition) is 6. The first-order chi connectivity index (χ1) is 14.3. The molecule has 2 atom stereocenters. The molecule has 4 rings (SSSR count). The average Bonchev–Trinajstić information content (AvgIpc) is 2.70. The highest BCUT2D eigenvalue weighted by molar-refractivity contribution is 6.06. The molecule has 0 bridgehead atoms. The second-order valence-corrected chi connectivity index (χ2v) is 7.04. The van der Waals surface area contributed by atoms with Crippen LogP contribution in [-0.4, -0.2) is 42.5 Å². The molecule has 1 aliphatic rings. The van der Waals surface area contributed by atoms with Gasteiger partial charge in [-0.3, -0.25) is 4.79 Å². The molecule has 3 aromatic carbocycles. The molecular weight excluding hydrogens is 392 g/mol. The number of hydrogen-bond acceptors (Lipinski definition) is 8. The molecule has 8 heteroatoms. The molecule has 154 valence electrons. The van der Waals surface area contributed by atoms with Crippen molar-refractivity contribution in [2.24, 2.45) is 0 Å². The van der Waals surface area contributed by atoms with Crippen molar-refractivity contribution in [1.82, 2.24) is 0 Å². The summed E-state index contributed by atoms with van der Waals surface area (Å²) in [6.07, 6.45) is -2.80. The lowest BCUT2D eigenvalue weighted by Gasteiger charge is -2.32.